The maximum absolute atomic E-state index is 13.5. The third-order valence-corrected chi connectivity index (χ3v) is 6.79. The molecule has 0 unspecified atom stereocenters. The van der Waals surface area contributed by atoms with Crippen LogP contribution in [-0.4, -0.2) is 37.1 Å². The Labute approximate surface area is 143 Å². The van der Waals surface area contributed by atoms with Gasteiger partial charge in [0.15, 0.2) is 9.84 Å². The van der Waals surface area contributed by atoms with E-state index in [4.69, 9.17) is 4.74 Å². The normalized spacial score (nSPS) is 21.6. The molecule has 0 bridgehead atoms. The summed E-state index contributed by atoms with van der Waals surface area (Å²) in [6.07, 6.45) is -2.58. The predicted molar refractivity (Wildman–Crippen MR) is 84.6 cm³/mol. The van der Waals surface area contributed by atoms with E-state index in [-0.39, 0.29) is 18.1 Å². The second-order valence-corrected chi connectivity index (χ2v) is 8.21. The molecule has 3 rings (SSSR count). The van der Waals surface area contributed by atoms with Crippen LogP contribution in [0.15, 0.2) is 35.4 Å². The van der Waals surface area contributed by atoms with Gasteiger partial charge in [-0.05, 0) is 37.5 Å². The highest BCUT2D eigenvalue weighted by molar-refractivity contribution is 7.92. The Morgan fingerprint density at radius 1 is 1.24 bits per heavy atom. The summed E-state index contributed by atoms with van der Waals surface area (Å²) in [5.74, 6) is 0. The number of hydrogen-bond donors (Lipinski definition) is 1. The van der Waals surface area contributed by atoms with E-state index in [1.54, 1.807) is 0 Å². The Kier molecular flexibility index (Phi) is 4.63. The first-order valence-electron chi connectivity index (χ1n) is 7.71. The fourth-order valence-electron chi connectivity index (χ4n) is 3.16. The molecule has 1 aromatic heterocycles. The second-order valence-electron chi connectivity index (χ2n) is 6.02. The summed E-state index contributed by atoms with van der Waals surface area (Å²) >= 11 is 0. The minimum absolute atomic E-state index is 0.207. The largest absolute Gasteiger partial charge is 0.417 e. The highest BCUT2D eigenvalue weighted by Crippen LogP contribution is 2.40. The van der Waals surface area contributed by atoms with Gasteiger partial charge in [0, 0.05) is 18.9 Å². The third-order valence-electron chi connectivity index (χ3n) is 4.51. The van der Waals surface area contributed by atoms with Gasteiger partial charge in [-0.1, -0.05) is 6.07 Å². The number of nitrogens with zero attached hydrogens (tertiary/aromatic N) is 1. The van der Waals surface area contributed by atoms with Crippen molar-refractivity contribution in [3.8, 4) is 11.3 Å². The Bertz CT molecular complexity index is 848. The highest BCUT2D eigenvalue weighted by atomic mass is 32.2. The summed E-state index contributed by atoms with van der Waals surface area (Å²) in [4.78, 5) is -0.676. The lowest BCUT2D eigenvalue weighted by atomic mass is 10.1. The van der Waals surface area contributed by atoms with Gasteiger partial charge >= 0.3 is 6.18 Å². The summed E-state index contributed by atoms with van der Waals surface area (Å²) in [5, 5.41) is 5.42. The van der Waals surface area contributed by atoms with E-state index in [1.165, 1.54) is 25.4 Å². The van der Waals surface area contributed by atoms with E-state index in [0.29, 0.717) is 18.5 Å². The molecule has 5 nitrogen and oxygen atoms in total. The molecule has 0 amide bonds. The van der Waals surface area contributed by atoms with Crippen molar-refractivity contribution >= 4 is 9.84 Å². The lowest BCUT2D eigenvalue weighted by Gasteiger charge is -2.18. The lowest BCUT2D eigenvalue weighted by molar-refractivity contribution is -0.139. The zero-order valence-corrected chi connectivity index (χ0v) is 14.2. The molecule has 1 aromatic carbocycles. The SMILES string of the molecule is CO[C@@H]1CC[C@@H](S(=O)(=O)c2ccc(-c3ccn[nH]3)cc2C(F)(F)F)C1. The molecule has 0 saturated heterocycles. The van der Waals surface area contributed by atoms with E-state index in [2.05, 4.69) is 10.2 Å². The third kappa shape index (κ3) is 3.43. The van der Waals surface area contributed by atoms with Crippen LogP contribution < -0.4 is 0 Å². The summed E-state index contributed by atoms with van der Waals surface area (Å²) in [6.45, 7) is 0. The van der Waals surface area contributed by atoms with Crippen molar-refractivity contribution in [3.05, 3.63) is 36.0 Å². The van der Waals surface area contributed by atoms with Gasteiger partial charge in [-0.2, -0.15) is 18.3 Å². The number of methoxy groups -OCH3 is 1. The lowest BCUT2D eigenvalue weighted by Crippen LogP contribution is -2.23. The number of alkyl halides is 3. The van der Waals surface area contributed by atoms with Gasteiger partial charge < -0.3 is 4.74 Å². The number of ether oxygens (including phenoxy) is 1. The Morgan fingerprint density at radius 3 is 2.56 bits per heavy atom. The number of aromatic amines is 1. The molecule has 1 N–H and O–H groups in total. The van der Waals surface area contributed by atoms with Gasteiger partial charge in [0.1, 0.15) is 0 Å². The molecule has 25 heavy (non-hydrogen) atoms. The molecule has 1 aliphatic carbocycles. The Morgan fingerprint density at radius 2 is 2.00 bits per heavy atom. The molecule has 1 heterocycles. The Balaban J connectivity index is 2.06. The molecule has 9 heteroatoms. The standard InChI is InChI=1S/C16H17F3N2O3S/c1-24-11-3-4-12(9-11)25(22,23)15-5-2-10(14-6-7-20-21-14)8-13(15)16(17,18)19/h2,5-8,11-12H,3-4,9H2,1H3,(H,20,21)/t11-,12-/m1/s1. The molecule has 0 aliphatic heterocycles. The van der Waals surface area contributed by atoms with Crippen molar-refractivity contribution in [1.29, 1.82) is 0 Å². The number of rotatable bonds is 4. The number of hydrogen-bond acceptors (Lipinski definition) is 4. The number of benzene rings is 1. The minimum atomic E-state index is -4.78. The number of halogens is 3. The van der Waals surface area contributed by atoms with Crippen LogP contribution in [0.2, 0.25) is 0 Å². The molecule has 1 saturated carbocycles. The van der Waals surface area contributed by atoms with Crippen LogP contribution in [0.1, 0.15) is 24.8 Å². The van der Waals surface area contributed by atoms with Gasteiger partial charge in [-0.25, -0.2) is 8.42 Å². The molecular formula is C16H17F3N2O3S. The smallest absolute Gasteiger partial charge is 0.381 e. The zero-order chi connectivity index (χ0) is 18.2. The summed E-state index contributed by atoms with van der Waals surface area (Å²) in [6, 6.07) is 4.76. The van der Waals surface area contributed by atoms with Crippen LogP contribution in [0.5, 0.6) is 0 Å². The Hall–Kier alpha value is -1.87. The molecular weight excluding hydrogens is 357 g/mol. The van der Waals surface area contributed by atoms with Crippen LogP contribution in [0.4, 0.5) is 13.2 Å². The average molecular weight is 374 g/mol. The molecule has 136 valence electrons. The van der Waals surface area contributed by atoms with Gasteiger partial charge in [-0.15, -0.1) is 0 Å². The van der Waals surface area contributed by atoms with Crippen molar-refractivity contribution in [1.82, 2.24) is 10.2 Å². The first-order valence-corrected chi connectivity index (χ1v) is 9.26. The van der Waals surface area contributed by atoms with Crippen LogP contribution in [0.25, 0.3) is 11.3 Å². The predicted octanol–water partition coefficient (Wildman–Crippen LogP) is 3.44. The summed E-state index contributed by atoms with van der Waals surface area (Å²) in [7, 11) is -2.63. The first kappa shape index (κ1) is 17.9. The van der Waals surface area contributed by atoms with Crippen molar-refractivity contribution in [2.24, 2.45) is 0 Å². The number of sulfone groups is 1. The topological polar surface area (TPSA) is 72.1 Å². The highest BCUT2D eigenvalue weighted by Gasteiger charge is 2.42. The summed E-state index contributed by atoms with van der Waals surface area (Å²) < 4.78 is 71.3. The van der Waals surface area contributed by atoms with Crippen LogP contribution in [0.3, 0.4) is 0 Å². The van der Waals surface area contributed by atoms with Gasteiger partial charge in [0.25, 0.3) is 0 Å². The average Bonchev–Trinajstić information content (AvgIpc) is 3.25. The molecule has 1 fully saturated rings. The fourth-order valence-corrected chi connectivity index (χ4v) is 5.17. The monoisotopic (exact) mass is 374 g/mol. The van der Waals surface area contributed by atoms with E-state index < -0.39 is 31.7 Å². The van der Waals surface area contributed by atoms with Crippen LogP contribution in [0, 0.1) is 0 Å². The number of H-pyrrole nitrogens is 1. The molecule has 2 aromatic rings. The number of nitrogens with one attached hydrogen (secondary N) is 1. The van der Waals surface area contributed by atoms with Gasteiger partial charge in [0.05, 0.1) is 27.5 Å². The second kappa shape index (κ2) is 6.45. The molecule has 2 atom stereocenters. The number of aromatic nitrogens is 2. The maximum Gasteiger partial charge on any atom is 0.417 e. The molecule has 0 radical (unpaired) electrons. The van der Waals surface area contributed by atoms with E-state index >= 15 is 0 Å². The molecule has 1 aliphatic rings. The van der Waals surface area contributed by atoms with Crippen molar-refractivity contribution < 1.29 is 26.3 Å². The van der Waals surface area contributed by atoms with E-state index in [0.717, 1.165) is 12.1 Å². The maximum atomic E-state index is 13.5. The zero-order valence-electron chi connectivity index (χ0n) is 13.4. The van der Waals surface area contributed by atoms with Crippen LogP contribution >= 0.6 is 0 Å². The van der Waals surface area contributed by atoms with Gasteiger partial charge in [0.2, 0.25) is 0 Å². The molecule has 0 spiro atoms. The minimum Gasteiger partial charge on any atom is -0.381 e. The van der Waals surface area contributed by atoms with E-state index in [9.17, 15) is 21.6 Å². The fraction of sp³-hybridized carbons (Fsp3) is 0.438. The quantitative estimate of drug-likeness (QED) is 0.890. The summed E-state index contributed by atoms with van der Waals surface area (Å²) in [5.41, 5.74) is -0.541. The van der Waals surface area contributed by atoms with Gasteiger partial charge in [-0.3, -0.25) is 5.10 Å². The van der Waals surface area contributed by atoms with Crippen molar-refractivity contribution in [2.75, 3.05) is 7.11 Å². The van der Waals surface area contributed by atoms with Crippen molar-refractivity contribution in [2.45, 2.75) is 41.7 Å². The first-order chi connectivity index (χ1) is 11.7. The van der Waals surface area contributed by atoms with E-state index in [1.807, 2.05) is 0 Å². The van der Waals surface area contributed by atoms with Crippen LogP contribution in [-0.2, 0) is 20.8 Å². The van der Waals surface area contributed by atoms with Crippen molar-refractivity contribution in [3.63, 3.8) is 0 Å².